The fourth-order valence-corrected chi connectivity index (χ4v) is 1.17. The van der Waals surface area contributed by atoms with Gasteiger partial charge in [-0.2, -0.15) is 0 Å². The summed E-state index contributed by atoms with van der Waals surface area (Å²) in [4.78, 5) is 0. The zero-order valence-electron chi connectivity index (χ0n) is 8.01. The molecule has 0 aliphatic heterocycles. The van der Waals surface area contributed by atoms with Gasteiger partial charge in [-0.15, -0.1) is 0 Å². The van der Waals surface area contributed by atoms with Crippen molar-refractivity contribution < 1.29 is 17.7 Å². The Labute approximate surface area is 88.9 Å². The van der Waals surface area contributed by atoms with Crippen molar-refractivity contribution in [3.8, 4) is 0 Å². The van der Waals surface area contributed by atoms with Gasteiger partial charge < -0.3 is 9.84 Å². The van der Waals surface area contributed by atoms with Gasteiger partial charge in [0.15, 0.2) is 17.5 Å². The van der Waals surface area contributed by atoms with Crippen LogP contribution < -0.4 is 5.32 Å². The number of anilines is 1. The summed E-state index contributed by atoms with van der Waals surface area (Å²) in [7, 11) is 0. The molecule has 1 heterocycles. The molecule has 0 unspecified atom stereocenters. The molecule has 0 saturated heterocycles. The van der Waals surface area contributed by atoms with Crippen LogP contribution in [0.3, 0.4) is 0 Å². The molecule has 16 heavy (non-hydrogen) atoms. The van der Waals surface area contributed by atoms with E-state index in [0.29, 0.717) is 5.56 Å². The van der Waals surface area contributed by atoms with E-state index in [1.807, 2.05) is 0 Å². The minimum absolute atomic E-state index is 0.111. The van der Waals surface area contributed by atoms with Gasteiger partial charge in [-0.3, -0.25) is 0 Å². The lowest BCUT2D eigenvalue weighted by molar-refractivity contribution is 0.419. The summed E-state index contributed by atoms with van der Waals surface area (Å²) in [6.45, 7) is 0.214. The summed E-state index contributed by atoms with van der Waals surface area (Å²) in [5, 5.41) is 6.05. The van der Waals surface area contributed by atoms with Crippen LogP contribution in [0, 0.1) is 17.5 Å². The number of hydrogen-bond acceptors (Lipinski definition) is 3. The van der Waals surface area contributed by atoms with Gasteiger partial charge in [0, 0.05) is 12.1 Å². The van der Waals surface area contributed by atoms with E-state index in [-0.39, 0.29) is 12.2 Å². The van der Waals surface area contributed by atoms with Gasteiger partial charge in [-0.1, -0.05) is 5.16 Å². The van der Waals surface area contributed by atoms with Gasteiger partial charge in [-0.05, 0) is 12.1 Å². The molecular formula is C10H7F3N2O. The van der Waals surface area contributed by atoms with Crippen LogP contribution in [0.1, 0.15) is 5.56 Å². The van der Waals surface area contributed by atoms with E-state index in [4.69, 9.17) is 0 Å². The molecule has 3 nitrogen and oxygen atoms in total. The number of rotatable bonds is 3. The number of nitrogens with one attached hydrogen (secondary N) is 1. The Bertz CT molecular complexity index is 485. The maximum Gasteiger partial charge on any atom is 0.196 e. The molecule has 6 heteroatoms. The van der Waals surface area contributed by atoms with Crippen molar-refractivity contribution in [1.29, 1.82) is 0 Å². The van der Waals surface area contributed by atoms with Crippen LogP contribution in [-0.4, -0.2) is 5.16 Å². The van der Waals surface area contributed by atoms with Crippen LogP contribution in [0.5, 0.6) is 0 Å². The first-order valence-corrected chi connectivity index (χ1v) is 4.44. The third kappa shape index (κ3) is 2.00. The lowest BCUT2D eigenvalue weighted by Crippen LogP contribution is -2.03. The van der Waals surface area contributed by atoms with E-state index in [9.17, 15) is 13.2 Å². The summed E-state index contributed by atoms with van der Waals surface area (Å²) >= 11 is 0. The zero-order chi connectivity index (χ0) is 11.5. The largest absolute Gasteiger partial charge is 0.378 e. The molecule has 0 aliphatic rings. The second-order valence-corrected chi connectivity index (χ2v) is 3.11. The average Bonchev–Trinajstić information content (AvgIpc) is 2.78. The highest BCUT2D eigenvalue weighted by atomic mass is 19.2. The second-order valence-electron chi connectivity index (χ2n) is 3.11. The van der Waals surface area contributed by atoms with Gasteiger partial charge in [0.1, 0.15) is 6.26 Å². The molecule has 84 valence electrons. The minimum Gasteiger partial charge on any atom is -0.378 e. The van der Waals surface area contributed by atoms with Crippen molar-refractivity contribution in [3.63, 3.8) is 0 Å². The highest BCUT2D eigenvalue weighted by Gasteiger charge is 2.12. The Hall–Kier alpha value is -1.98. The minimum atomic E-state index is -1.49. The molecule has 2 aromatic rings. The number of hydrogen-bond donors (Lipinski definition) is 1. The molecule has 0 radical (unpaired) electrons. The summed E-state index contributed by atoms with van der Waals surface area (Å²) in [5.74, 6) is -3.94. The van der Waals surface area contributed by atoms with Crippen molar-refractivity contribution in [3.05, 3.63) is 47.6 Å². The van der Waals surface area contributed by atoms with Gasteiger partial charge in [0.05, 0.1) is 11.9 Å². The van der Waals surface area contributed by atoms with Crippen molar-refractivity contribution in [2.24, 2.45) is 0 Å². The Balaban J connectivity index is 2.13. The van der Waals surface area contributed by atoms with Gasteiger partial charge in [-0.25, -0.2) is 13.2 Å². The third-order valence-electron chi connectivity index (χ3n) is 2.00. The molecule has 0 spiro atoms. The van der Waals surface area contributed by atoms with Gasteiger partial charge in [0.25, 0.3) is 0 Å². The Kier molecular flexibility index (Phi) is 2.80. The lowest BCUT2D eigenvalue weighted by atomic mass is 10.2. The Morgan fingerprint density at radius 2 is 2.00 bits per heavy atom. The van der Waals surface area contributed by atoms with E-state index < -0.39 is 17.5 Å². The van der Waals surface area contributed by atoms with Crippen molar-refractivity contribution >= 4 is 5.69 Å². The van der Waals surface area contributed by atoms with E-state index in [1.165, 1.54) is 12.5 Å². The Morgan fingerprint density at radius 3 is 2.69 bits per heavy atom. The number of aromatic nitrogens is 1. The second kappa shape index (κ2) is 4.26. The molecule has 0 saturated carbocycles. The van der Waals surface area contributed by atoms with Crippen LogP contribution >= 0.6 is 0 Å². The third-order valence-corrected chi connectivity index (χ3v) is 2.00. The van der Waals surface area contributed by atoms with E-state index in [2.05, 4.69) is 15.0 Å². The molecule has 0 bridgehead atoms. The van der Waals surface area contributed by atoms with Crippen molar-refractivity contribution in [2.75, 3.05) is 5.32 Å². The maximum absolute atomic E-state index is 13.2. The predicted octanol–water partition coefficient (Wildman–Crippen LogP) is 2.70. The topological polar surface area (TPSA) is 38.1 Å². The average molecular weight is 228 g/mol. The fraction of sp³-hybridized carbons (Fsp3) is 0.100. The standard InChI is InChI=1S/C10H7F3N2O/c11-7-1-2-8(10(13)9(7)12)14-3-6-4-15-16-5-6/h1-2,4-5,14H,3H2. The smallest absolute Gasteiger partial charge is 0.196 e. The highest BCUT2D eigenvalue weighted by molar-refractivity contribution is 5.45. The van der Waals surface area contributed by atoms with Gasteiger partial charge in [0.2, 0.25) is 0 Å². The quantitative estimate of drug-likeness (QED) is 0.821. The molecule has 0 atom stereocenters. The summed E-state index contributed by atoms with van der Waals surface area (Å²) in [6.07, 6.45) is 2.80. The van der Waals surface area contributed by atoms with Crippen molar-refractivity contribution in [2.45, 2.75) is 6.54 Å². The maximum atomic E-state index is 13.2. The van der Waals surface area contributed by atoms with Crippen LogP contribution in [0.4, 0.5) is 18.9 Å². The predicted molar refractivity (Wildman–Crippen MR) is 50.1 cm³/mol. The Morgan fingerprint density at radius 1 is 1.19 bits per heavy atom. The van der Waals surface area contributed by atoms with E-state index >= 15 is 0 Å². The molecule has 0 aliphatic carbocycles. The summed E-state index contributed by atoms with van der Waals surface area (Å²) in [5.41, 5.74) is 0.559. The summed E-state index contributed by atoms with van der Waals surface area (Å²) in [6, 6.07) is 1.98. The van der Waals surface area contributed by atoms with Crippen LogP contribution in [0.15, 0.2) is 29.1 Å². The first kappa shape index (κ1) is 10.5. The first-order chi connectivity index (χ1) is 7.68. The van der Waals surface area contributed by atoms with Crippen molar-refractivity contribution in [1.82, 2.24) is 5.16 Å². The monoisotopic (exact) mass is 228 g/mol. The molecule has 2 rings (SSSR count). The fourth-order valence-electron chi connectivity index (χ4n) is 1.17. The molecule has 0 fully saturated rings. The lowest BCUT2D eigenvalue weighted by Gasteiger charge is -2.06. The number of benzene rings is 1. The van der Waals surface area contributed by atoms with Crippen LogP contribution in [0.2, 0.25) is 0 Å². The van der Waals surface area contributed by atoms with Crippen LogP contribution in [0.25, 0.3) is 0 Å². The molecule has 1 aromatic heterocycles. The molecule has 1 aromatic carbocycles. The number of nitrogens with zero attached hydrogens (tertiary/aromatic N) is 1. The van der Waals surface area contributed by atoms with E-state index in [0.717, 1.165) is 12.1 Å². The normalized spacial score (nSPS) is 10.4. The van der Waals surface area contributed by atoms with Crippen LogP contribution in [-0.2, 0) is 6.54 Å². The zero-order valence-corrected chi connectivity index (χ0v) is 8.01. The molecule has 1 N–H and O–H groups in total. The first-order valence-electron chi connectivity index (χ1n) is 4.44. The van der Waals surface area contributed by atoms with Gasteiger partial charge >= 0.3 is 0 Å². The highest BCUT2D eigenvalue weighted by Crippen LogP contribution is 2.20. The SMILES string of the molecule is Fc1ccc(NCc2cnoc2)c(F)c1F. The molecule has 0 amide bonds. The van der Waals surface area contributed by atoms with E-state index in [1.54, 1.807) is 0 Å². The molecular weight excluding hydrogens is 221 g/mol. The number of halogens is 3. The summed E-state index contributed by atoms with van der Waals surface area (Å²) < 4.78 is 43.2.